The van der Waals surface area contributed by atoms with E-state index in [1.165, 1.54) is 28.0 Å². The van der Waals surface area contributed by atoms with Crippen molar-refractivity contribution in [1.82, 2.24) is 15.1 Å². The van der Waals surface area contributed by atoms with Crippen molar-refractivity contribution in [2.75, 3.05) is 11.9 Å². The number of thioether (sulfide) groups is 1. The topological polar surface area (TPSA) is 75.2 Å². The average molecular weight is 433 g/mol. The van der Waals surface area contributed by atoms with Gasteiger partial charge in [-0.2, -0.15) is 0 Å². The van der Waals surface area contributed by atoms with Crippen molar-refractivity contribution in [3.63, 3.8) is 0 Å². The fourth-order valence-electron chi connectivity index (χ4n) is 2.52. The van der Waals surface area contributed by atoms with Gasteiger partial charge in [0.1, 0.15) is 9.33 Å². The summed E-state index contributed by atoms with van der Waals surface area (Å²) in [6.07, 6.45) is 4.97. The van der Waals surface area contributed by atoms with Gasteiger partial charge < -0.3 is 5.32 Å². The van der Waals surface area contributed by atoms with Crippen LogP contribution in [-0.4, -0.2) is 37.8 Å². The van der Waals surface area contributed by atoms with E-state index >= 15 is 0 Å². The first-order valence-electron chi connectivity index (χ1n) is 8.99. The van der Waals surface area contributed by atoms with Gasteiger partial charge in [-0.15, -0.1) is 10.2 Å². The van der Waals surface area contributed by atoms with E-state index in [1.54, 1.807) is 0 Å². The van der Waals surface area contributed by atoms with Gasteiger partial charge >= 0.3 is 0 Å². The quantitative estimate of drug-likeness (QED) is 0.500. The Balaban J connectivity index is 1.53. The first kappa shape index (κ1) is 20.6. The van der Waals surface area contributed by atoms with Crippen LogP contribution in [0.4, 0.5) is 5.13 Å². The number of anilines is 1. The van der Waals surface area contributed by atoms with Gasteiger partial charge in [-0.25, -0.2) is 0 Å². The molecule has 1 aliphatic rings. The number of amides is 2. The highest BCUT2D eigenvalue weighted by atomic mass is 32.2. The Morgan fingerprint density at radius 3 is 2.82 bits per heavy atom. The fourth-order valence-corrected chi connectivity index (χ4v) is 4.63. The molecule has 1 fully saturated rings. The first-order chi connectivity index (χ1) is 13.6. The number of carbonyl (C=O) groups excluding carboxylic acids is 2. The van der Waals surface area contributed by atoms with Crippen LogP contribution in [0, 0.1) is 0 Å². The van der Waals surface area contributed by atoms with Crippen molar-refractivity contribution >= 4 is 62.7 Å². The monoisotopic (exact) mass is 432 g/mol. The van der Waals surface area contributed by atoms with Crippen LogP contribution in [0.25, 0.3) is 6.08 Å². The Morgan fingerprint density at radius 1 is 1.29 bits per heavy atom. The predicted octanol–water partition coefficient (Wildman–Crippen LogP) is 4.11. The van der Waals surface area contributed by atoms with Gasteiger partial charge in [0.05, 0.1) is 4.91 Å². The highest BCUT2D eigenvalue weighted by Gasteiger charge is 2.32. The molecule has 2 amide bonds. The van der Waals surface area contributed by atoms with E-state index < -0.39 is 0 Å². The SMILES string of the molecule is CCCCc1nnc(NC(=O)CCN2C(=O)/C(=C/c3ccccc3)SC2=S)s1. The normalized spacial score (nSPS) is 15.5. The lowest BCUT2D eigenvalue weighted by Gasteiger charge is -2.13. The Hall–Kier alpha value is -2.10. The molecule has 0 bridgehead atoms. The van der Waals surface area contributed by atoms with Crippen molar-refractivity contribution in [2.45, 2.75) is 32.6 Å². The van der Waals surface area contributed by atoms with E-state index in [1.807, 2.05) is 36.4 Å². The number of unbranched alkanes of at least 4 members (excludes halogenated alkanes) is 1. The minimum atomic E-state index is -0.209. The summed E-state index contributed by atoms with van der Waals surface area (Å²) in [7, 11) is 0. The number of nitrogens with zero attached hydrogens (tertiary/aromatic N) is 3. The molecule has 1 saturated heterocycles. The van der Waals surface area contributed by atoms with Gasteiger partial charge in [0.25, 0.3) is 5.91 Å². The second-order valence-electron chi connectivity index (χ2n) is 6.15. The average Bonchev–Trinajstić information content (AvgIpc) is 3.23. The van der Waals surface area contributed by atoms with Crippen molar-refractivity contribution in [3.05, 3.63) is 45.8 Å². The summed E-state index contributed by atoms with van der Waals surface area (Å²) < 4.78 is 0.470. The molecule has 0 radical (unpaired) electrons. The maximum Gasteiger partial charge on any atom is 0.266 e. The minimum absolute atomic E-state index is 0.148. The van der Waals surface area contributed by atoms with Crippen LogP contribution in [0.5, 0.6) is 0 Å². The molecule has 3 rings (SSSR count). The van der Waals surface area contributed by atoms with Gasteiger partial charge in [0.2, 0.25) is 11.0 Å². The molecule has 1 aromatic carbocycles. The molecule has 0 unspecified atom stereocenters. The smallest absolute Gasteiger partial charge is 0.266 e. The molecule has 2 aromatic rings. The molecule has 1 N–H and O–H groups in total. The molecular weight excluding hydrogens is 412 g/mol. The second kappa shape index (κ2) is 9.90. The maximum atomic E-state index is 12.6. The molecule has 9 heteroatoms. The molecule has 2 heterocycles. The van der Waals surface area contributed by atoms with E-state index in [0.717, 1.165) is 29.8 Å². The van der Waals surface area contributed by atoms with Crippen molar-refractivity contribution < 1.29 is 9.59 Å². The molecule has 1 aromatic heterocycles. The molecule has 0 aliphatic carbocycles. The number of carbonyl (C=O) groups is 2. The van der Waals surface area contributed by atoms with Gasteiger partial charge in [-0.3, -0.25) is 14.5 Å². The van der Waals surface area contributed by atoms with Crippen molar-refractivity contribution in [2.24, 2.45) is 0 Å². The van der Waals surface area contributed by atoms with Crippen LogP contribution in [0.15, 0.2) is 35.2 Å². The Labute approximate surface area is 177 Å². The molecule has 146 valence electrons. The number of aryl methyl sites for hydroxylation is 1. The summed E-state index contributed by atoms with van der Waals surface area (Å²) in [6, 6.07) is 9.61. The largest absolute Gasteiger partial charge is 0.300 e. The summed E-state index contributed by atoms with van der Waals surface area (Å²) in [5, 5.41) is 12.2. The van der Waals surface area contributed by atoms with E-state index in [4.69, 9.17) is 12.2 Å². The summed E-state index contributed by atoms with van der Waals surface area (Å²) in [5.74, 6) is -0.372. The van der Waals surface area contributed by atoms with Crippen LogP contribution < -0.4 is 5.32 Å². The maximum absolute atomic E-state index is 12.6. The van der Waals surface area contributed by atoms with Crippen LogP contribution in [-0.2, 0) is 16.0 Å². The third-order valence-corrected chi connectivity index (χ3v) is 6.27. The van der Waals surface area contributed by atoms with Crippen LogP contribution >= 0.6 is 35.3 Å². The molecule has 28 heavy (non-hydrogen) atoms. The minimum Gasteiger partial charge on any atom is -0.300 e. The Kier molecular flexibility index (Phi) is 7.30. The van der Waals surface area contributed by atoms with Gasteiger partial charge in [0.15, 0.2) is 0 Å². The Bertz CT molecular complexity index is 896. The lowest BCUT2D eigenvalue weighted by atomic mass is 10.2. The van der Waals surface area contributed by atoms with Crippen molar-refractivity contribution in [1.29, 1.82) is 0 Å². The van der Waals surface area contributed by atoms with Crippen LogP contribution in [0.2, 0.25) is 0 Å². The van der Waals surface area contributed by atoms with Crippen LogP contribution in [0.3, 0.4) is 0 Å². The summed E-state index contributed by atoms with van der Waals surface area (Å²) in [6.45, 7) is 2.36. The Morgan fingerprint density at radius 2 is 2.07 bits per heavy atom. The van der Waals surface area contributed by atoms with Gasteiger partial charge in [-0.05, 0) is 18.1 Å². The van der Waals surface area contributed by atoms with E-state index in [2.05, 4.69) is 22.4 Å². The third-order valence-electron chi connectivity index (χ3n) is 3.99. The van der Waals surface area contributed by atoms with Gasteiger partial charge in [-0.1, -0.05) is 79.0 Å². The number of rotatable bonds is 8. The number of hydrogen-bond donors (Lipinski definition) is 1. The molecule has 0 spiro atoms. The number of aromatic nitrogens is 2. The highest BCUT2D eigenvalue weighted by molar-refractivity contribution is 8.26. The van der Waals surface area contributed by atoms with E-state index in [-0.39, 0.29) is 24.8 Å². The fraction of sp³-hybridized carbons (Fsp3) is 0.316. The number of nitrogens with one attached hydrogen (secondary N) is 1. The second-order valence-corrected chi connectivity index (χ2v) is 8.88. The number of hydrogen-bond acceptors (Lipinski definition) is 7. The number of benzene rings is 1. The van der Waals surface area contributed by atoms with E-state index in [9.17, 15) is 9.59 Å². The zero-order chi connectivity index (χ0) is 19.9. The molecule has 0 atom stereocenters. The molecular formula is C19H20N4O2S3. The lowest BCUT2D eigenvalue weighted by molar-refractivity contribution is -0.122. The zero-order valence-corrected chi connectivity index (χ0v) is 17.8. The molecule has 1 aliphatic heterocycles. The van der Waals surface area contributed by atoms with Crippen molar-refractivity contribution in [3.8, 4) is 0 Å². The van der Waals surface area contributed by atoms with Gasteiger partial charge in [0, 0.05) is 19.4 Å². The summed E-state index contributed by atoms with van der Waals surface area (Å²) >= 11 is 7.96. The standard InChI is InChI=1S/C19H20N4O2S3/c1-2-3-9-16-21-22-18(28-16)20-15(24)10-11-23-17(25)14(27-19(23)26)12-13-7-5-4-6-8-13/h4-8,12H,2-3,9-11H2,1H3,(H,20,22,24)/b14-12-. The summed E-state index contributed by atoms with van der Waals surface area (Å²) in [5.41, 5.74) is 0.941. The zero-order valence-electron chi connectivity index (χ0n) is 15.4. The molecule has 0 saturated carbocycles. The van der Waals surface area contributed by atoms with Crippen LogP contribution in [0.1, 0.15) is 36.8 Å². The van der Waals surface area contributed by atoms with E-state index in [0.29, 0.717) is 14.4 Å². The lowest BCUT2D eigenvalue weighted by Crippen LogP contribution is -2.31. The number of thiocarbonyl (C=S) groups is 1. The first-order valence-corrected chi connectivity index (χ1v) is 11.0. The third kappa shape index (κ3) is 5.46. The molecule has 6 nitrogen and oxygen atoms in total. The predicted molar refractivity (Wildman–Crippen MR) is 118 cm³/mol. The highest BCUT2D eigenvalue weighted by Crippen LogP contribution is 2.32. The summed E-state index contributed by atoms with van der Waals surface area (Å²) in [4.78, 5) is 26.8.